The van der Waals surface area contributed by atoms with Gasteiger partial charge in [-0.15, -0.1) is 12.4 Å². The summed E-state index contributed by atoms with van der Waals surface area (Å²) >= 11 is 0. The predicted molar refractivity (Wildman–Crippen MR) is 57.2 cm³/mol. The Morgan fingerprint density at radius 1 is 1.47 bits per heavy atom. The molecule has 1 unspecified atom stereocenters. The lowest BCUT2D eigenvalue weighted by Crippen LogP contribution is -2.16. The largest absolute Gasteiger partial charge is 0.469 e. The summed E-state index contributed by atoms with van der Waals surface area (Å²) in [4.78, 5) is 10.9. The molecule has 0 aromatic heterocycles. The van der Waals surface area contributed by atoms with Gasteiger partial charge in [0.25, 0.3) is 0 Å². The zero-order valence-electron chi connectivity index (χ0n) is 8.27. The number of halogens is 2. The van der Waals surface area contributed by atoms with Crippen LogP contribution in [0.25, 0.3) is 0 Å². The van der Waals surface area contributed by atoms with Crippen molar-refractivity contribution in [2.75, 3.05) is 7.11 Å². The minimum absolute atomic E-state index is 0. The molecule has 0 saturated carbocycles. The molecule has 0 aliphatic carbocycles. The molecule has 0 spiro atoms. The Balaban J connectivity index is 0.00000196. The van der Waals surface area contributed by atoms with Gasteiger partial charge >= 0.3 is 5.97 Å². The molecule has 0 radical (unpaired) electrons. The van der Waals surface area contributed by atoms with Crippen molar-refractivity contribution in [1.29, 1.82) is 0 Å². The Hall–Kier alpha value is -1.13. The lowest BCUT2D eigenvalue weighted by molar-refractivity contribution is -0.141. The van der Waals surface area contributed by atoms with E-state index in [-0.39, 0.29) is 30.6 Å². The van der Waals surface area contributed by atoms with Crippen LogP contribution in [0.5, 0.6) is 0 Å². The highest BCUT2D eigenvalue weighted by molar-refractivity contribution is 5.85. The number of carbonyl (C=O) groups is 1. The highest BCUT2D eigenvalue weighted by atomic mass is 35.5. The Labute approximate surface area is 93.8 Å². The lowest BCUT2D eigenvalue weighted by Gasteiger charge is -2.09. The van der Waals surface area contributed by atoms with Gasteiger partial charge in [-0.1, -0.05) is 12.1 Å². The van der Waals surface area contributed by atoms with Crippen molar-refractivity contribution in [3.63, 3.8) is 0 Å². The molecular formula is C10H13ClFNO2. The molecule has 0 saturated heterocycles. The Morgan fingerprint density at radius 2 is 2.00 bits per heavy atom. The highest BCUT2D eigenvalue weighted by Gasteiger charge is 2.11. The first-order chi connectivity index (χ1) is 6.63. The molecule has 0 amide bonds. The summed E-state index contributed by atoms with van der Waals surface area (Å²) in [5, 5.41) is 0. The molecule has 0 aliphatic rings. The first kappa shape index (κ1) is 13.9. The lowest BCUT2D eigenvalue weighted by atomic mass is 10.1. The Morgan fingerprint density at radius 3 is 2.47 bits per heavy atom. The third kappa shape index (κ3) is 4.27. The molecule has 1 aromatic rings. The zero-order chi connectivity index (χ0) is 10.6. The van der Waals surface area contributed by atoms with Crippen molar-refractivity contribution in [1.82, 2.24) is 0 Å². The van der Waals surface area contributed by atoms with Crippen LogP contribution in [0.4, 0.5) is 4.39 Å². The van der Waals surface area contributed by atoms with E-state index in [0.29, 0.717) is 0 Å². The number of hydrogen-bond acceptors (Lipinski definition) is 3. The fourth-order valence-corrected chi connectivity index (χ4v) is 1.09. The van der Waals surface area contributed by atoms with Crippen LogP contribution in [0.3, 0.4) is 0 Å². The van der Waals surface area contributed by atoms with Gasteiger partial charge in [0, 0.05) is 6.04 Å². The SMILES string of the molecule is COC(=O)CC(N)c1ccc(F)cc1.Cl. The number of carbonyl (C=O) groups excluding carboxylic acids is 1. The second-order valence-corrected chi connectivity index (χ2v) is 2.94. The van der Waals surface area contributed by atoms with Crippen LogP contribution < -0.4 is 5.73 Å². The number of methoxy groups -OCH3 is 1. The average molecular weight is 234 g/mol. The second kappa shape index (κ2) is 6.37. The van der Waals surface area contributed by atoms with Gasteiger partial charge in [0.15, 0.2) is 0 Å². The van der Waals surface area contributed by atoms with Crippen molar-refractivity contribution in [3.05, 3.63) is 35.6 Å². The summed E-state index contributed by atoms with van der Waals surface area (Å²) < 4.78 is 17.0. The molecule has 0 fully saturated rings. The van der Waals surface area contributed by atoms with E-state index >= 15 is 0 Å². The van der Waals surface area contributed by atoms with Crippen LogP contribution in [0.1, 0.15) is 18.0 Å². The summed E-state index contributed by atoms with van der Waals surface area (Å²) in [5.74, 6) is -0.694. The monoisotopic (exact) mass is 233 g/mol. The summed E-state index contributed by atoms with van der Waals surface area (Å²) in [6.45, 7) is 0. The van der Waals surface area contributed by atoms with E-state index < -0.39 is 6.04 Å². The molecule has 0 aliphatic heterocycles. The molecule has 0 bridgehead atoms. The molecule has 3 nitrogen and oxygen atoms in total. The number of rotatable bonds is 3. The van der Waals surface area contributed by atoms with Gasteiger partial charge in [-0.2, -0.15) is 0 Å². The van der Waals surface area contributed by atoms with E-state index in [9.17, 15) is 9.18 Å². The standard InChI is InChI=1S/C10H12FNO2.ClH/c1-14-10(13)6-9(12)7-2-4-8(11)5-3-7;/h2-5,9H,6,12H2,1H3;1H. The number of esters is 1. The molecule has 1 rings (SSSR count). The average Bonchev–Trinajstić information content (AvgIpc) is 2.18. The highest BCUT2D eigenvalue weighted by Crippen LogP contribution is 2.14. The van der Waals surface area contributed by atoms with Crippen molar-refractivity contribution in [3.8, 4) is 0 Å². The molecule has 15 heavy (non-hydrogen) atoms. The quantitative estimate of drug-likeness (QED) is 0.811. The molecular weight excluding hydrogens is 221 g/mol. The van der Waals surface area contributed by atoms with Crippen molar-refractivity contribution in [2.45, 2.75) is 12.5 Å². The van der Waals surface area contributed by atoms with E-state index in [1.165, 1.54) is 19.2 Å². The smallest absolute Gasteiger partial charge is 0.307 e. The van der Waals surface area contributed by atoms with Crippen molar-refractivity contribution < 1.29 is 13.9 Å². The first-order valence-electron chi connectivity index (χ1n) is 4.21. The topological polar surface area (TPSA) is 52.3 Å². The van der Waals surface area contributed by atoms with Gasteiger partial charge in [0.2, 0.25) is 0 Å². The van der Waals surface area contributed by atoms with Gasteiger partial charge in [0.1, 0.15) is 5.82 Å². The third-order valence-electron chi connectivity index (χ3n) is 1.91. The normalized spacial score (nSPS) is 11.4. The van der Waals surface area contributed by atoms with Crippen molar-refractivity contribution >= 4 is 18.4 Å². The van der Waals surface area contributed by atoms with Crippen LogP contribution >= 0.6 is 12.4 Å². The maximum Gasteiger partial charge on any atom is 0.307 e. The van der Waals surface area contributed by atoms with Crippen LogP contribution in [-0.2, 0) is 9.53 Å². The van der Waals surface area contributed by atoms with E-state index in [2.05, 4.69) is 4.74 Å². The van der Waals surface area contributed by atoms with E-state index in [0.717, 1.165) is 5.56 Å². The summed E-state index contributed by atoms with van der Waals surface area (Å²) in [6, 6.07) is 5.30. The fourth-order valence-electron chi connectivity index (χ4n) is 1.09. The van der Waals surface area contributed by atoms with Gasteiger partial charge < -0.3 is 10.5 Å². The van der Waals surface area contributed by atoms with Gasteiger partial charge in [-0.05, 0) is 17.7 Å². The molecule has 0 heterocycles. The Kier molecular flexibility index (Phi) is 5.89. The zero-order valence-corrected chi connectivity index (χ0v) is 9.09. The maximum atomic E-state index is 12.5. The van der Waals surface area contributed by atoms with Crippen LogP contribution in [0.15, 0.2) is 24.3 Å². The number of nitrogens with two attached hydrogens (primary N) is 1. The fraction of sp³-hybridized carbons (Fsp3) is 0.300. The van der Waals surface area contributed by atoms with Crippen LogP contribution in [-0.4, -0.2) is 13.1 Å². The maximum absolute atomic E-state index is 12.5. The van der Waals surface area contributed by atoms with Gasteiger partial charge in [-0.3, -0.25) is 4.79 Å². The summed E-state index contributed by atoms with van der Waals surface area (Å²) in [7, 11) is 1.31. The minimum Gasteiger partial charge on any atom is -0.469 e. The molecule has 1 aromatic carbocycles. The van der Waals surface area contributed by atoms with Crippen LogP contribution in [0.2, 0.25) is 0 Å². The molecule has 84 valence electrons. The van der Waals surface area contributed by atoms with Crippen molar-refractivity contribution in [2.24, 2.45) is 5.73 Å². The van der Waals surface area contributed by atoms with Gasteiger partial charge in [-0.25, -0.2) is 4.39 Å². The third-order valence-corrected chi connectivity index (χ3v) is 1.91. The van der Waals surface area contributed by atoms with E-state index in [1.807, 2.05) is 0 Å². The molecule has 2 N–H and O–H groups in total. The van der Waals surface area contributed by atoms with E-state index in [1.54, 1.807) is 12.1 Å². The van der Waals surface area contributed by atoms with E-state index in [4.69, 9.17) is 5.73 Å². The first-order valence-corrected chi connectivity index (χ1v) is 4.21. The number of ether oxygens (including phenoxy) is 1. The summed E-state index contributed by atoms with van der Waals surface area (Å²) in [6.07, 6.45) is 0.0993. The number of benzene rings is 1. The minimum atomic E-state index is -0.442. The second-order valence-electron chi connectivity index (χ2n) is 2.94. The van der Waals surface area contributed by atoms with Gasteiger partial charge in [0.05, 0.1) is 13.5 Å². The molecule has 5 heteroatoms. The number of hydrogen-bond donors (Lipinski definition) is 1. The molecule has 1 atom stereocenters. The predicted octanol–water partition coefficient (Wildman–Crippen LogP) is 1.81. The Bertz CT molecular complexity index is 316. The van der Waals surface area contributed by atoms with Crippen LogP contribution in [0, 0.1) is 5.82 Å². The summed E-state index contributed by atoms with van der Waals surface area (Å²) in [5.41, 5.74) is 6.42.